The quantitative estimate of drug-likeness (QED) is 0.320. The normalized spacial score (nSPS) is 10.4. The molecule has 2 rings (SSSR count). The molecule has 2 aromatic carbocycles. The smallest absolute Gasteiger partial charge is 0.193 e. The van der Waals surface area contributed by atoms with Gasteiger partial charge in [-0.1, -0.05) is 43.5 Å². The first-order valence-electron chi connectivity index (χ1n) is 8.68. The first-order chi connectivity index (χ1) is 13.6. The summed E-state index contributed by atoms with van der Waals surface area (Å²) in [6.07, 6.45) is 6.43. The maximum absolute atomic E-state index is 12.9. The molecule has 5 heteroatoms. The van der Waals surface area contributed by atoms with Crippen LogP contribution in [0.15, 0.2) is 67.8 Å². The number of carbonyl (C=O) groups is 1. The van der Waals surface area contributed by atoms with Crippen molar-refractivity contribution in [2.45, 2.75) is 0 Å². The lowest BCUT2D eigenvalue weighted by Crippen LogP contribution is -2.06. The second-order valence-electron chi connectivity index (χ2n) is 5.67. The highest BCUT2D eigenvalue weighted by Gasteiger charge is 2.19. The van der Waals surface area contributed by atoms with Gasteiger partial charge in [0.05, 0.1) is 14.2 Å². The molecule has 146 valence electrons. The molecule has 0 bridgehead atoms. The van der Waals surface area contributed by atoms with E-state index in [4.69, 9.17) is 18.9 Å². The van der Waals surface area contributed by atoms with Crippen LogP contribution in [0.1, 0.15) is 15.9 Å². The maximum Gasteiger partial charge on any atom is 0.193 e. The van der Waals surface area contributed by atoms with Crippen LogP contribution in [0.4, 0.5) is 0 Å². The third-order valence-electron chi connectivity index (χ3n) is 3.77. The van der Waals surface area contributed by atoms with Gasteiger partial charge in [0.25, 0.3) is 0 Å². The fourth-order valence-electron chi connectivity index (χ4n) is 2.44. The Hall–Kier alpha value is -3.47. The highest BCUT2D eigenvalue weighted by molar-refractivity contribution is 6.10. The molecular weight excluding hydrogens is 356 g/mol. The van der Waals surface area contributed by atoms with E-state index < -0.39 is 0 Å². The van der Waals surface area contributed by atoms with Crippen molar-refractivity contribution in [1.82, 2.24) is 0 Å². The van der Waals surface area contributed by atoms with E-state index in [9.17, 15) is 4.79 Å². The van der Waals surface area contributed by atoms with Crippen LogP contribution in [0.25, 0.3) is 6.08 Å². The molecule has 0 saturated carbocycles. The fraction of sp³-hybridized carbons (Fsp3) is 0.174. The number of carbonyl (C=O) groups excluding carboxylic acids is 1. The largest absolute Gasteiger partial charge is 0.497 e. The van der Waals surface area contributed by atoms with Crippen LogP contribution in [-0.2, 0) is 0 Å². The van der Waals surface area contributed by atoms with Crippen LogP contribution < -0.4 is 18.9 Å². The van der Waals surface area contributed by atoms with E-state index in [0.29, 0.717) is 29.4 Å². The second kappa shape index (κ2) is 10.6. The Morgan fingerprint density at radius 1 is 0.893 bits per heavy atom. The summed E-state index contributed by atoms with van der Waals surface area (Å²) in [4.78, 5) is 12.9. The SMILES string of the molecule is C=CCOc1cc(OC)c(C(=O)C=Cc2ccc(OC)cc2)c(OCC=C)c1. The topological polar surface area (TPSA) is 54.0 Å². The molecule has 2 aromatic rings. The summed E-state index contributed by atoms with van der Waals surface area (Å²) in [7, 11) is 3.10. The average Bonchev–Trinajstić information content (AvgIpc) is 2.74. The molecule has 0 radical (unpaired) electrons. The van der Waals surface area contributed by atoms with E-state index in [1.807, 2.05) is 24.3 Å². The lowest BCUT2D eigenvalue weighted by atomic mass is 10.1. The van der Waals surface area contributed by atoms with Gasteiger partial charge >= 0.3 is 0 Å². The minimum Gasteiger partial charge on any atom is -0.497 e. The molecule has 5 nitrogen and oxygen atoms in total. The number of methoxy groups -OCH3 is 2. The number of benzene rings is 2. The summed E-state index contributed by atoms with van der Waals surface area (Å²) in [6, 6.07) is 10.7. The van der Waals surface area contributed by atoms with E-state index >= 15 is 0 Å². The van der Waals surface area contributed by atoms with Crippen LogP contribution in [0.2, 0.25) is 0 Å². The molecule has 0 atom stereocenters. The van der Waals surface area contributed by atoms with Crippen molar-refractivity contribution in [3.8, 4) is 23.0 Å². The number of rotatable bonds is 11. The van der Waals surface area contributed by atoms with Crippen molar-refractivity contribution >= 4 is 11.9 Å². The summed E-state index contributed by atoms with van der Waals surface area (Å²) in [5, 5.41) is 0. The van der Waals surface area contributed by atoms with Gasteiger partial charge in [0.2, 0.25) is 0 Å². The van der Waals surface area contributed by atoms with Gasteiger partial charge in [0, 0.05) is 12.1 Å². The molecule has 0 aliphatic carbocycles. The maximum atomic E-state index is 12.9. The minimum absolute atomic E-state index is 0.247. The third-order valence-corrected chi connectivity index (χ3v) is 3.77. The van der Waals surface area contributed by atoms with Crippen molar-refractivity contribution in [2.24, 2.45) is 0 Å². The minimum atomic E-state index is -0.248. The van der Waals surface area contributed by atoms with Crippen LogP contribution >= 0.6 is 0 Å². The highest BCUT2D eigenvalue weighted by Crippen LogP contribution is 2.35. The van der Waals surface area contributed by atoms with Gasteiger partial charge in [0.1, 0.15) is 41.8 Å². The molecule has 0 N–H and O–H groups in total. The van der Waals surface area contributed by atoms with Gasteiger partial charge in [-0.2, -0.15) is 0 Å². The van der Waals surface area contributed by atoms with Gasteiger partial charge in [-0.05, 0) is 23.8 Å². The summed E-state index contributed by atoms with van der Waals surface area (Å²) < 4.78 is 21.8. The molecule has 0 fully saturated rings. The third kappa shape index (κ3) is 5.51. The van der Waals surface area contributed by atoms with Crippen molar-refractivity contribution in [2.75, 3.05) is 27.4 Å². The predicted molar refractivity (Wildman–Crippen MR) is 111 cm³/mol. The standard InChI is InChI=1S/C23H24O5/c1-5-13-27-19-15-21(26-4)23(22(16-19)28-14-6-2)20(24)12-9-17-7-10-18(25-3)11-8-17/h5-12,15-16H,1-2,13-14H2,3-4H3. The molecular formula is C23H24O5. The molecule has 0 spiro atoms. The van der Waals surface area contributed by atoms with Gasteiger partial charge in [-0.25, -0.2) is 0 Å². The highest BCUT2D eigenvalue weighted by atomic mass is 16.5. The van der Waals surface area contributed by atoms with Crippen LogP contribution in [0, 0.1) is 0 Å². The van der Waals surface area contributed by atoms with E-state index in [1.54, 1.807) is 37.5 Å². The average molecular weight is 380 g/mol. The molecule has 0 aliphatic heterocycles. The van der Waals surface area contributed by atoms with Gasteiger partial charge in [-0.3, -0.25) is 4.79 Å². The summed E-state index contributed by atoms with van der Waals surface area (Å²) in [5.74, 6) is 1.75. The zero-order valence-electron chi connectivity index (χ0n) is 16.1. The zero-order chi connectivity index (χ0) is 20.4. The number of ether oxygens (including phenoxy) is 4. The molecule has 0 amide bonds. The predicted octanol–water partition coefficient (Wildman–Crippen LogP) is 4.73. The van der Waals surface area contributed by atoms with E-state index in [-0.39, 0.29) is 12.4 Å². The first-order valence-corrected chi connectivity index (χ1v) is 8.68. The number of ketones is 1. The number of hydrogen-bond acceptors (Lipinski definition) is 5. The van der Waals surface area contributed by atoms with Crippen LogP contribution in [0.3, 0.4) is 0 Å². The van der Waals surface area contributed by atoms with Crippen molar-refractivity contribution in [3.05, 3.63) is 78.9 Å². The lowest BCUT2D eigenvalue weighted by Gasteiger charge is -2.15. The summed E-state index contributed by atoms with van der Waals surface area (Å²) in [5.41, 5.74) is 1.19. The number of hydrogen-bond donors (Lipinski definition) is 0. The lowest BCUT2D eigenvalue weighted by molar-refractivity contribution is 0.104. The Kier molecular flexibility index (Phi) is 7.91. The molecule has 0 aliphatic rings. The molecule has 0 aromatic heterocycles. The molecule has 0 unspecified atom stereocenters. The number of allylic oxidation sites excluding steroid dienone is 1. The zero-order valence-corrected chi connectivity index (χ0v) is 16.1. The second-order valence-corrected chi connectivity index (χ2v) is 5.67. The summed E-state index contributed by atoms with van der Waals surface area (Å²) >= 11 is 0. The van der Waals surface area contributed by atoms with Crippen LogP contribution in [0.5, 0.6) is 23.0 Å². The molecule has 28 heavy (non-hydrogen) atoms. The monoisotopic (exact) mass is 380 g/mol. The Labute approximate surface area is 165 Å². The Morgan fingerprint density at radius 2 is 1.54 bits per heavy atom. The van der Waals surface area contributed by atoms with E-state index in [2.05, 4.69) is 13.2 Å². The Morgan fingerprint density at radius 3 is 2.14 bits per heavy atom. The first kappa shape index (κ1) is 20.8. The molecule has 0 heterocycles. The van der Waals surface area contributed by atoms with Crippen molar-refractivity contribution in [3.63, 3.8) is 0 Å². The Bertz CT molecular complexity index is 850. The molecule has 0 saturated heterocycles. The summed E-state index contributed by atoms with van der Waals surface area (Å²) in [6.45, 7) is 7.85. The van der Waals surface area contributed by atoms with Crippen molar-refractivity contribution < 1.29 is 23.7 Å². The van der Waals surface area contributed by atoms with Gasteiger partial charge in [-0.15, -0.1) is 0 Å². The van der Waals surface area contributed by atoms with Gasteiger partial charge in [0.15, 0.2) is 5.78 Å². The van der Waals surface area contributed by atoms with Crippen molar-refractivity contribution in [1.29, 1.82) is 0 Å². The Balaban J connectivity index is 2.35. The van der Waals surface area contributed by atoms with E-state index in [1.165, 1.54) is 13.2 Å². The van der Waals surface area contributed by atoms with Crippen LogP contribution in [-0.4, -0.2) is 33.2 Å². The van der Waals surface area contributed by atoms with Gasteiger partial charge < -0.3 is 18.9 Å². The van der Waals surface area contributed by atoms with E-state index in [0.717, 1.165) is 11.3 Å². The fourth-order valence-corrected chi connectivity index (χ4v) is 2.44.